The van der Waals surface area contributed by atoms with E-state index < -0.39 is 6.10 Å². The summed E-state index contributed by atoms with van der Waals surface area (Å²) in [5.74, 6) is 0.341. The monoisotopic (exact) mass is 356 g/mol. The number of nitrogens with zero attached hydrogens (tertiary/aromatic N) is 4. The van der Waals surface area contributed by atoms with Gasteiger partial charge >= 0.3 is 0 Å². The van der Waals surface area contributed by atoms with E-state index >= 15 is 0 Å². The lowest BCUT2D eigenvalue weighted by Crippen LogP contribution is -2.29. The average molecular weight is 356 g/mol. The van der Waals surface area contributed by atoms with Crippen molar-refractivity contribution in [3.63, 3.8) is 0 Å². The van der Waals surface area contributed by atoms with Crippen molar-refractivity contribution in [2.45, 2.75) is 32.8 Å². The first-order valence-electron chi connectivity index (χ1n) is 8.25. The van der Waals surface area contributed by atoms with E-state index in [2.05, 4.69) is 25.4 Å². The highest BCUT2D eigenvalue weighted by molar-refractivity contribution is 5.76. The highest BCUT2D eigenvalue weighted by Crippen LogP contribution is 2.15. The number of aliphatic hydroxyl groups is 1. The van der Waals surface area contributed by atoms with Crippen LogP contribution in [0.15, 0.2) is 29.3 Å². The zero-order valence-corrected chi connectivity index (χ0v) is 14.6. The SMILES string of the molecule is Cc1nc2ncnn2c(C)c1CCC(=O)NCC(O)c1cccc(=O)[nH]1. The Hall–Kier alpha value is -3.07. The lowest BCUT2D eigenvalue weighted by molar-refractivity contribution is -0.121. The van der Waals surface area contributed by atoms with Crippen LogP contribution in [0, 0.1) is 13.8 Å². The van der Waals surface area contributed by atoms with Gasteiger partial charge in [-0.1, -0.05) is 6.07 Å². The Labute approximate surface area is 149 Å². The molecule has 3 aromatic rings. The van der Waals surface area contributed by atoms with Crippen LogP contribution in [0.2, 0.25) is 0 Å². The third kappa shape index (κ3) is 3.77. The number of H-pyrrole nitrogens is 1. The molecule has 3 aromatic heterocycles. The smallest absolute Gasteiger partial charge is 0.252 e. The van der Waals surface area contributed by atoms with Crippen LogP contribution < -0.4 is 10.9 Å². The Morgan fingerprint density at radius 1 is 1.38 bits per heavy atom. The molecule has 1 amide bonds. The van der Waals surface area contributed by atoms with Gasteiger partial charge in [-0.25, -0.2) is 9.50 Å². The van der Waals surface area contributed by atoms with E-state index in [1.165, 1.54) is 12.4 Å². The molecule has 0 aliphatic rings. The summed E-state index contributed by atoms with van der Waals surface area (Å²) in [5.41, 5.74) is 2.74. The highest BCUT2D eigenvalue weighted by atomic mass is 16.3. The maximum Gasteiger partial charge on any atom is 0.252 e. The quantitative estimate of drug-likeness (QED) is 0.580. The van der Waals surface area contributed by atoms with Crippen LogP contribution in [-0.4, -0.2) is 42.1 Å². The molecule has 0 spiro atoms. The molecule has 1 unspecified atom stereocenters. The molecule has 0 aliphatic heterocycles. The van der Waals surface area contributed by atoms with Gasteiger partial charge in [0.05, 0.1) is 0 Å². The first kappa shape index (κ1) is 17.7. The molecule has 1 atom stereocenters. The number of aromatic amines is 1. The first-order chi connectivity index (χ1) is 12.5. The zero-order chi connectivity index (χ0) is 18.7. The Bertz CT molecular complexity index is 994. The predicted octanol–water partition coefficient (Wildman–Crippen LogP) is 0.212. The second-order valence-corrected chi connectivity index (χ2v) is 6.02. The average Bonchev–Trinajstić information content (AvgIpc) is 3.08. The molecule has 26 heavy (non-hydrogen) atoms. The van der Waals surface area contributed by atoms with Crippen molar-refractivity contribution >= 4 is 11.7 Å². The molecule has 0 bridgehead atoms. The molecule has 3 heterocycles. The minimum atomic E-state index is -0.968. The molecular formula is C17H20N6O3. The highest BCUT2D eigenvalue weighted by Gasteiger charge is 2.14. The summed E-state index contributed by atoms with van der Waals surface area (Å²) in [6.07, 6.45) is 1.23. The summed E-state index contributed by atoms with van der Waals surface area (Å²) in [6, 6.07) is 4.52. The lowest BCUT2D eigenvalue weighted by atomic mass is 10.1. The first-order valence-corrected chi connectivity index (χ1v) is 8.25. The van der Waals surface area contributed by atoms with Gasteiger partial charge in [0, 0.05) is 36.1 Å². The van der Waals surface area contributed by atoms with Gasteiger partial charge in [0.25, 0.3) is 5.78 Å². The van der Waals surface area contributed by atoms with Gasteiger partial charge in [-0.05, 0) is 31.9 Å². The van der Waals surface area contributed by atoms with Crippen LogP contribution in [0.25, 0.3) is 5.78 Å². The maximum atomic E-state index is 12.1. The summed E-state index contributed by atoms with van der Waals surface area (Å²) >= 11 is 0. The Morgan fingerprint density at radius 3 is 2.96 bits per heavy atom. The normalized spacial score (nSPS) is 12.3. The molecular weight excluding hydrogens is 336 g/mol. The van der Waals surface area contributed by atoms with Crippen molar-refractivity contribution in [1.29, 1.82) is 0 Å². The van der Waals surface area contributed by atoms with Crippen molar-refractivity contribution in [2.75, 3.05) is 6.54 Å². The number of nitrogens with one attached hydrogen (secondary N) is 2. The second-order valence-electron chi connectivity index (χ2n) is 6.02. The molecule has 0 aromatic carbocycles. The molecule has 3 N–H and O–H groups in total. The Morgan fingerprint density at radius 2 is 2.19 bits per heavy atom. The van der Waals surface area contributed by atoms with Gasteiger partial charge in [-0.2, -0.15) is 10.1 Å². The summed E-state index contributed by atoms with van der Waals surface area (Å²) in [5, 5.41) is 16.9. The molecule has 9 nitrogen and oxygen atoms in total. The predicted molar refractivity (Wildman–Crippen MR) is 93.6 cm³/mol. The van der Waals surface area contributed by atoms with E-state index in [1.54, 1.807) is 16.6 Å². The number of carbonyl (C=O) groups excluding carboxylic acids is 1. The number of pyridine rings is 1. The number of rotatable bonds is 6. The molecule has 3 rings (SSSR count). The zero-order valence-electron chi connectivity index (χ0n) is 14.6. The van der Waals surface area contributed by atoms with Gasteiger partial charge in [0.2, 0.25) is 11.5 Å². The third-order valence-electron chi connectivity index (χ3n) is 4.23. The number of aliphatic hydroxyl groups excluding tert-OH is 1. The van der Waals surface area contributed by atoms with E-state index in [4.69, 9.17) is 0 Å². The molecule has 0 fully saturated rings. The largest absolute Gasteiger partial charge is 0.385 e. The van der Waals surface area contributed by atoms with Crippen molar-refractivity contribution < 1.29 is 9.90 Å². The maximum absolute atomic E-state index is 12.1. The van der Waals surface area contributed by atoms with Crippen molar-refractivity contribution in [1.82, 2.24) is 29.9 Å². The molecule has 136 valence electrons. The number of hydrogen-bond donors (Lipinski definition) is 3. The topological polar surface area (TPSA) is 125 Å². The van der Waals surface area contributed by atoms with Gasteiger partial charge in [0.1, 0.15) is 12.4 Å². The number of hydrogen-bond acceptors (Lipinski definition) is 6. The minimum absolute atomic E-state index is 0.0249. The fourth-order valence-corrected chi connectivity index (χ4v) is 2.82. The molecule has 0 saturated carbocycles. The van der Waals surface area contributed by atoms with Crippen molar-refractivity contribution in [3.8, 4) is 0 Å². The number of carbonyl (C=O) groups is 1. The second kappa shape index (κ2) is 7.44. The Kier molecular flexibility index (Phi) is 5.08. The molecule has 0 radical (unpaired) electrons. The van der Waals surface area contributed by atoms with E-state index in [0.717, 1.165) is 17.0 Å². The molecule has 0 aliphatic carbocycles. The third-order valence-corrected chi connectivity index (χ3v) is 4.23. The summed E-state index contributed by atoms with van der Waals surface area (Å²) < 4.78 is 1.65. The number of fused-ring (bicyclic) bond motifs is 1. The van der Waals surface area contributed by atoms with Gasteiger partial charge in [-0.3, -0.25) is 9.59 Å². The van der Waals surface area contributed by atoms with Crippen LogP contribution in [0.5, 0.6) is 0 Å². The molecule has 0 saturated heterocycles. The van der Waals surface area contributed by atoms with Gasteiger partial charge in [-0.15, -0.1) is 0 Å². The van der Waals surface area contributed by atoms with E-state index in [0.29, 0.717) is 17.9 Å². The van der Waals surface area contributed by atoms with Crippen molar-refractivity contribution in [3.05, 3.63) is 57.5 Å². The van der Waals surface area contributed by atoms with Crippen LogP contribution in [0.3, 0.4) is 0 Å². The number of aryl methyl sites for hydroxylation is 2. The van der Waals surface area contributed by atoms with Crippen molar-refractivity contribution in [2.24, 2.45) is 0 Å². The number of aromatic nitrogens is 5. The minimum Gasteiger partial charge on any atom is -0.385 e. The van der Waals surface area contributed by atoms with Gasteiger partial charge in [0.15, 0.2) is 0 Å². The fourth-order valence-electron chi connectivity index (χ4n) is 2.82. The standard InChI is InChI=1S/C17H20N6O3/c1-10-12(11(2)23-17(21-10)19-9-20-23)6-7-15(25)18-8-14(24)13-4-3-5-16(26)22-13/h3-5,9,14,24H,6-8H2,1-2H3,(H,18,25)(H,22,26). The number of amides is 1. The van der Waals surface area contributed by atoms with Crippen LogP contribution in [0.1, 0.15) is 35.2 Å². The Balaban J connectivity index is 1.58. The summed E-state index contributed by atoms with van der Waals surface area (Å²) in [6.45, 7) is 3.82. The fraction of sp³-hybridized carbons (Fsp3) is 0.353. The van der Waals surface area contributed by atoms with E-state index in [1.807, 2.05) is 13.8 Å². The van der Waals surface area contributed by atoms with Crippen LogP contribution in [0.4, 0.5) is 0 Å². The summed E-state index contributed by atoms with van der Waals surface area (Å²) in [7, 11) is 0. The van der Waals surface area contributed by atoms with Crippen LogP contribution >= 0.6 is 0 Å². The van der Waals surface area contributed by atoms with E-state index in [-0.39, 0.29) is 24.4 Å². The van der Waals surface area contributed by atoms with E-state index in [9.17, 15) is 14.7 Å². The molecule has 9 heteroatoms. The van der Waals surface area contributed by atoms with Gasteiger partial charge < -0.3 is 15.4 Å². The summed E-state index contributed by atoms with van der Waals surface area (Å²) in [4.78, 5) is 34.4. The lowest BCUT2D eigenvalue weighted by Gasteiger charge is -2.13. The van der Waals surface area contributed by atoms with Crippen LogP contribution in [-0.2, 0) is 11.2 Å².